The van der Waals surface area contributed by atoms with Gasteiger partial charge in [0.05, 0.1) is 21.8 Å². The number of nitrogens with zero attached hydrogens (tertiary/aromatic N) is 3. The lowest BCUT2D eigenvalue weighted by Gasteiger charge is -1.99. The molecule has 0 N–H and O–H groups in total. The van der Waals surface area contributed by atoms with Gasteiger partial charge < -0.3 is 4.42 Å². The lowest BCUT2D eigenvalue weighted by Crippen LogP contribution is -2.02. The molecule has 0 radical (unpaired) electrons. The summed E-state index contributed by atoms with van der Waals surface area (Å²) in [6.45, 7) is 0. The van der Waals surface area contributed by atoms with Crippen LogP contribution in [0.15, 0.2) is 69.2 Å². The van der Waals surface area contributed by atoms with Crippen molar-refractivity contribution in [3.05, 3.63) is 91.1 Å². The number of aromatic nitrogens is 1. The Bertz CT molecular complexity index is 1380. The van der Waals surface area contributed by atoms with Crippen LogP contribution < -0.4 is 5.63 Å². The van der Waals surface area contributed by atoms with Gasteiger partial charge in [-0.3, -0.25) is 10.1 Å². The Labute approximate surface area is 168 Å². The molecule has 0 aliphatic carbocycles. The van der Waals surface area contributed by atoms with Crippen LogP contribution >= 0.6 is 11.3 Å². The minimum absolute atomic E-state index is 0.0651. The molecule has 4 aromatic rings. The first kappa shape index (κ1) is 18.3. The average molecular weight is 401 g/mol. The average Bonchev–Trinajstić information content (AvgIpc) is 3.21. The number of fused-ring (bicyclic) bond motifs is 1. The minimum Gasteiger partial charge on any atom is -0.422 e. The van der Waals surface area contributed by atoms with Crippen molar-refractivity contribution in [2.45, 2.75) is 0 Å². The molecule has 140 valence electrons. The highest BCUT2D eigenvalue weighted by atomic mass is 32.1. The third-order valence-electron chi connectivity index (χ3n) is 4.16. The van der Waals surface area contributed by atoms with E-state index in [0.29, 0.717) is 27.4 Å². The second-order valence-corrected chi connectivity index (χ2v) is 6.90. The number of thiazole rings is 1. The summed E-state index contributed by atoms with van der Waals surface area (Å²) < 4.78 is 5.34. The topological polar surface area (TPSA) is 110 Å². The standard InChI is InChI=1S/C21H11N3O4S/c22-11-15(8-13-4-3-6-16(9-13)24(26)27)20-23-18(12-29-20)17-10-14-5-1-2-7-19(14)28-21(17)25/h1-10,12H. The number of nitro benzene ring substituents is 1. The van der Waals surface area contributed by atoms with Crippen LogP contribution in [0.3, 0.4) is 0 Å². The van der Waals surface area contributed by atoms with Crippen LogP contribution in [0, 0.1) is 21.4 Å². The molecule has 2 aromatic carbocycles. The van der Waals surface area contributed by atoms with Crippen LogP contribution in [0.1, 0.15) is 10.6 Å². The zero-order valence-corrected chi connectivity index (χ0v) is 15.6. The first-order valence-corrected chi connectivity index (χ1v) is 9.28. The molecule has 2 aromatic heterocycles. The summed E-state index contributed by atoms with van der Waals surface area (Å²) >= 11 is 1.20. The molecule has 0 spiro atoms. The van der Waals surface area contributed by atoms with Crippen LogP contribution in [-0.4, -0.2) is 9.91 Å². The number of benzene rings is 2. The van der Waals surface area contributed by atoms with Gasteiger partial charge in [0.1, 0.15) is 16.7 Å². The number of rotatable bonds is 4. The highest BCUT2D eigenvalue weighted by molar-refractivity contribution is 7.11. The molecule has 7 nitrogen and oxygen atoms in total. The van der Waals surface area contributed by atoms with Gasteiger partial charge in [-0.2, -0.15) is 5.26 Å². The Kier molecular flexibility index (Phi) is 4.73. The fraction of sp³-hybridized carbons (Fsp3) is 0. The molecular weight excluding hydrogens is 390 g/mol. The Morgan fingerprint density at radius 3 is 2.83 bits per heavy atom. The van der Waals surface area contributed by atoms with Gasteiger partial charge in [-0.25, -0.2) is 9.78 Å². The summed E-state index contributed by atoms with van der Waals surface area (Å²) in [6.07, 6.45) is 1.53. The molecular formula is C21H11N3O4S. The van der Waals surface area contributed by atoms with E-state index < -0.39 is 10.5 Å². The maximum absolute atomic E-state index is 12.3. The number of non-ortho nitro benzene ring substituents is 1. The number of nitro groups is 1. The summed E-state index contributed by atoms with van der Waals surface area (Å²) in [6, 6.07) is 16.9. The predicted octanol–water partition coefficient (Wildman–Crippen LogP) is 4.89. The van der Waals surface area contributed by atoms with Crippen LogP contribution in [0.5, 0.6) is 0 Å². The number of para-hydroxylation sites is 1. The van der Waals surface area contributed by atoms with Crippen LogP contribution in [0.4, 0.5) is 5.69 Å². The highest BCUT2D eigenvalue weighted by Crippen LogP contribution is 2.28. The van der Waals surface area contributed by atoms with Gasteiger partial charge in [-0.1, -0.05) is 30.3 Å². The third kappa shape index (κ3) is 3.67. The van der Waals surface area contributed by atoms with Crippen molar-refractivity contribution in [2.24, 2.45) is 0 Å². The summed E-state index contributed by atoms with van der Waals surface area (Å²) in [5, 5.41) is 23.3. The van der Waals surface area contributed by atoms with Crippen molar-refractivity contribution < 1.29 is 9.34 Å². The van der Waals surface area contributed by atoms with Gasteiger partial charge in [0.2, 0.25) is 0 Å². The SMILES string of the molecule is N#CC(=Cc1cccc([N+](=O)[O-])c1)c1nc(-c2cc3ccccc3oc2=O)cs1. The highest BCUT2D eigenvalue weighted by Gasteiger charge is 2.14. The van der Waals surface area contributed by atoms with Gasteiger partial charge in [0, 0.05) is 22.9 Å². The second-order valence-electron chi connectivity index (χ2n) is 6.05. The van der Waals surface area contributed by atoms with E-state index in [-0.39, 0.29) is 11.3 Å². The van der Waals surface area contributed by atoms with Gasteiger partial charge in [-0.05, 0) is 23.8 Å². The number of allylic oxidation sites excluding steroid dienone is 1. The molecule has 2 heterocycles. The van der Waals surface area contributed by atoms with Crippen molar-refractivity contribution in [3.8, 4) is 17.3 Å². The van der Waals surface area contributed by atoms with Crippen molar-refractivity contribution in [2.75, 3.05) is 0 Å². The van der Waals surface area contributed by atoms with Gasteiger partial charge in [0.15, 0.2) is 0 Å². The summed E-state index contributed by atoms with van der Waals surface area (Å²) in [4.78, 5) is 27.2. The fourth-order valence-corrected chi connectivity index (χ4v) is 3.58. The first-order chi connectivity index (χ1) is 14.0. The summed E-state index contributed by atoms with van der Waals surface area (Å²) in [5.74, 6) is 0. The van der Waals surface area contributed by atoms with E-state index in [4.69, 9.17) is 4.42 Å². The van der Waals surface area contributed by atoms with Gasteiger partial charge in [-0.15, -0.1) is 11.3 Å². The molecule has 0 atom stereocenters. The van der Waals surface area contributed by atoms with Crippen molar-refractivity contribution in [1.82, 2.24) is 4.98 Å². The zero-order chi connectivity index (χ0) is 20.4. The molecule has 8 heteroatoms. The first-order valence-electron chi connectivity index (χ1n) is 8.40. The molecule has 0 aliphatic rings. The van der Waals surface area contributed by atoms with E-state index >= 15 is 0 Å². The third-order valence-corrected chi connectivity index (χ3v) is 5.04. The maximum atomic E-state index is 12.3. The second kappa shape index (κ2) is 7.50. The van der Waals surface area contributed by atoms with E-state index in [0.717, 1.165) is 5.39 Å². The van der Waals surface area contributed by atoms with Crippen LogP contribution in [0.2, 0.25) is 0 Å². The number of nitriles is 1. The normalized spacial score (nSPS) is 11.3. The Morgan fingerprint density at radius 1 is 1.21 bits per heavy atom. The van der Waals surface area contributed by atoms with E-state index in [9.17, 15) is 20.2 Å². The number of hydrogen-bond acceptors (Lipinski definition) is 7. The Hall–Kier alpha value is -4.09. The summed E-state index contributed by atoms with van der Waals surface area (Å²) in [7, 11) is 0. The largest absolute Gasteiger partial charge is 0.422 e. The smallest absolute Gasteiger partial charge is 0.345 e. The van der Waals surface area contributed by atoms with Crippen LogP contribution in [0.25, 0.3) is 33.9 Å². The molecule has 0 aliphatic heterocycles. The molecule has 0 amide bonds. The van der Waals surface area contributed by atoms with E-state index in [1.807, 2.05) is 12.1 Å². The number of hydrogen-bond donors (Lipinski definition) is 0. The van der Waals surface area contributed by atoms with Crippen LogP contribution in [-0.2, 0) is 0 Å². The van der Waals surface area contributed by atoms with E-state index in [2.05, 4.69) is 11.1 Å². The fourth-order valence-electron chi connectivity index (χ4n) is 2.80. The Morgan fingerprint density at radius 2 is 2.03 bits per heavy atom. The van der Waals surface area contributed by atoms with Crippen molar-refractivity contribution in [1.29, 1.82) is 5.26 Å². The zero-order valence-electron chi connectivity index (χ0n) is 14.7. The van der Waals surface area contributed by atoms with E-state index in [1.165, 1.54) is 29.5 Å². The molecule has 0 fully saturated rings. The molecule has 4 rings (SSSR count). The lowest BCUT2D eigenvalue weighted by molar-refractivity contribution is -0.384. The molecule has 0 unspecified atom stereocenters. The quantitative estimate of drug-likeness (QED) is 0.208. The molecule has 29 heavy (non-hydrogen) atoms. The predicted molar refractivity (Wildman–Crippen MR) is 110 cm³/mol. The Balaban J connectivity index is 1.74. The monoisotopic (exact) mass is 401 g/mol. The molecule has 0 bridgehead atoms. The minimum atomic E-state index is -0.512. The van der Waals surface area contributed by atoms with Gasteiger partial charge in [0.25, 0.3) is 5.69 Å². The molecule has 0 saturated heterocycles. The molecule has 0 saturated carbocycles. The maximum Gasteiger partial charge on any atom is 0.345 e. The summed E-state index contributed by atoms with van der Waals surface area (Å²) in [5.41, 5.74) is 1.37. The van der Waals surface area contributed by atoms with Crippen molar-refractivity contribution >= 4 is 39.6 Å². The van der Waals surface area contributed by atoms with Gasteiger partial charge >= 0.3 is 5.63 Å². The lowest BCUT2D eigenvalue weighted by atomic mass is 10.1. The van der Waals surface area contributed by atoms with E-state index in [1.54, 1.807) is 35.7 Å². The van der Waals surface area contributed by atoms with Crippen molar-refractivity contribution in [3.63, 3.8) is 0 Å².